The number of hydrogen-bond acceptors (Lipinski definition) is 4. The Bertz CT molecular complexity index is 811. The summed E-state index contributed by atoms with van der Waals surface area (Å²) >= 11 is 7.72. The molecule has 0 saturated heterocycles. The number of anilines is 2. The fourth-order valence-electron chi connectivity index (χ4n) is 2.39. The SMILES string of the molecule is CCc1ccccc1Nc1nc(Cl)nc2sc(C)c(C)c12. The van der Waals surface area contributed by atoms with E-state index in [0.717, 1.165) is 28.1 Å². The number of para-hydroxylation sites is 1. The lowest BCUT2D eigenvalue weighted by Gasteiger charge is -2.11. The van der Waals surface area contributed by atoms with Crippen LogP contribution >= 0.6 is 22.9 Å². The van der Waals surface area contributed by atoms with Crippen LogP contribution in [0, 0.1) is 13.8 Å². The van der Waals surface area contributed by atoms with Gasteiger partial charge >= 0.3 is 0 Å². The second kappa shape index (κ2) is 5.62. The van der Waals surface area contributed by atoms with Crippen molar-refractivity contribution in [2.45, 2.75) is 27.2 Å². The zero-order valence-electron chi connectivity index (χ0n) is 12.2. The van der Waals surface area contributed by atoms with E-state index >= 15 is 0 Å². The molecule has 108 valence electrons. The molecular formula is C16H16ClN3S. The number of thiophene rings is 1. The van der Waals surface area contributed by atoms with Gasteiger partial charge < -0.3 is 5.32 Å². The summed E-state index contributed by atoms with van der Waals surface area (Å²) in [5.74, 6) is 0.785. The van der Waals surface area contributed by atoms with Gasteiger partial charge in [-0.3, -0.25) is 0 Å². The van der Waals surface area contributed by atoms with Crippen LogP contribution in [0.1, 0.15) is 22.9 Å². The molecule has 0 bridgehead atoms. The molecule has 0 aliphatic rings. The molecule has 0 aliphatic heterocycles. The summed E-state index contributed by atoms with van der Waals surface area (Å²) in [6.07, 6.45) is 0.965. The number of hydrogen-bond donors (Lipinski definition) is 1. The van der Waals surface area contributed by atoms with Crippen LogP contribution in [0.25, 0.3) is 10.2 Å². The molecule has 0 unspecified atom stereocenters. The van der Waals surface area contributed by atoms with Crippen LogP contribution in [-0.4, -0.2) is 9.97 Å². The Morgan fingerprint density at radius 2 is 1.95 bits per heavy atom. The number of benzene rings is 1. The number of fused-ring (bicyclic) bond motifs is 1. The number of aromatic nitrogens is 2. The molecule has 3 rings (SSSR count). The fourth-order valence-corrected chi connectivity index (χ4v) is 3.64. The Kier molecular flexibility index (Phi) is 3.83. The Morgan fingerprint density at radius 3 is 2.71 bits per heavy atom. The van der Waals surface area contributed by atoms with Crippen molar-refractivity contribution in [3.63, 3.8) is 0 Å². The molecule has 0 saturated carbocycles. The number of nitrogens with one attached hydrogen (secondary N) is 1. The molecule has 0 radical (unpaired) electrons. The lowest BCUT2D eigenvalue weighted by atomic mass is 10.1. The number of nitrogens with zero attached hydrogens (tertiary/aromatic N) is 2. The second-order valence-electron chi connectivity index (χ2n) is 4.94. The Labute approximate surface area is 133 Å². The van der Waals surface area contributed by atoms with Crippen LogP contribution < -0.4 is 5.32 Å². The maximum absolute atomic E-state index is 6.07. The molecule has 0 atom stereocenters. The topological polar surface area (TPSA) is 37.8 Å². The van der Waals surface area contributed by atoms with E-state index in [4.69, 9.17) is 11.6 Å². The molecule has 0 aliphatic carbocycles. The molecule has 2 heterocycles. The van der Waals surface area contributed by atoms with Crippen LogP contribution in [0.3, 0.4) is 0 Å². The maximum Gasteiger partial charge on any atom is 0.225 e. The summed E-state index contributed by atoms with van der Waals surface area (Å²) in [5, 5.41) is 4.77. The van der Waals surface area contributed by atoms with Crippen molar-refractivity contribution in [2.75, 3.05) is 5.32 Å². The average Bonchev–Trinajstić information content (AvgIpc) is 2.74. The van der Waals surface area contributed by atoms with E-state index in [-0.39, 0.29) is 5.28 Å². The first-order chi connectivity index (χ1) is 10.1. The Balaban J connectivity index is 2.16. The molecule has 0 amide bonds. The highest BCUT2D eigenvalue weighted by Gasteiger charge is 2.14. The third-order valence-corrected chi connectivity index (χ3v) is 4.92. The van der Waals surface area contributed by atoms with Crippen molar-refractivity contribution in [2.24, 2.45) is 0 Å². The van der Waals surface area contributed by atoms with Crippen LogP contribution in [0.4, 0.5) is 11.5 Å². The van der Waals surface area contributed by atoms with E-state index in [2.05, 4.69) is 48.2 Å². The van der Waals surface area contributed by atoms with Crippen molar-refractivity contribution >= 4 is 44.7 Å². The zero-order chi connectivity index (χ0) is 15.0. The van der Waals surface area contributed by atoms with Gasteiger partial charge in [0.15, 0.2) is 0 Å². The molecule has 1 N–H and O–H groups in total. The van der Waals surface area contributed by atoms with Crippen molar-refractivity contribution in [3.05, 3.63) is 45.6 Å². The zero-order valence-corrected chi connectivity index (χ0v) is 13.8. The van der Waals surface area contributed by atoms with Crippen LogP contribution in [0.15, 0.2) is 24.3 Å². The predicted octanol–water partition coefficient (Wildman–Crippen LogP) is 5.27. The van der Waals surface area contributed by atoms with E-state index in [0.29, 0.717) is 0 Å². The minimum atomic E-state index is 0.278. The first kappa shape index (κ1) is 14.3. The molecule has 1 aromatic carbocycles. The van der Waals surface area contributed by atoms with Crippen molar-refractivity contribution in [3.8, 4) is 0 Å². The first-order valence-electron chi connectivity index (χ1n) is 6.88. The van der Waals surface area contributed by atoms with Gasteiger partial charge in [-0.05, 0) is 49.1 Å². The highest BCUT2D eigenvalue weighted by Crippen LogP contribution is 2.35. The third kappa shape index (κ3) is 2.61. The average molecular weight is 318 g/mol. The summed E-state index contributed by atoms with van der Waals surface area (Å²) < 4.78 is 0. The third-order valence-electron chi connectivity index (χ3n) is 3.65. The smallest absolute Gasteiger partial charge is 0.225 e. The van der Waals surface area contributed by atoms with Crippen LogP contribution in [0.2, 0.25) is 5.28 Å². The predicted molar refractivity (Wildman–Crippen MR) is 91.0 cm³/mol. The molecule has 5 heteroatoms. The summed E-state index contributed by atoms with van der Waals surface area (Å²) in [6.45, 7) is 6.34. The molecule has 21 heavy (non-hydrogen) atoms. The lowest BCUT2D eigenvalue weighted by molar-refractivity contribution is 1.13. The number of halogens is 1. The van der Waals surface area contributed by atoms with Gasteiger partial charge in [-0.2, -0.15) is 4.98 Å². The Morgan fingerprint density at radius 1 is 1.19 bits per heavy atom. The summed E-state index contributed by atoms with van der Waals surface area (Å²) in [6, 6.07) is 8.25. The van der Waals surface area contributed by atoms with Gasteiger partial charge in [0.1, 0.15) is 10.6 Å². The van der Waals surface area contributed by atoms with E-state index in [1.807, 2.05) is 12.1 Å². The summed E-state index contributed by atoms with van der Waals surface area (Å²) in [7, 11) is 0. The van der Waals surface area contributed by atoms with Gasteiger partial charge in [-0.15, -0.1) is 11.3 Å². The van der Waals surface area contributed by atoms with Gasteiger partial charge in [0.2, 0.25) is 5.28 Å². The van der Waals surface area contributed by atoms with Gasteiger partial charge in [0, 0.05) is 10.6 Å². The maximum atomic E-state index is 6.07. The summed E-state index contributed by atoms with van der Waals surface area (Å²) in [5.41, 5.74) is 3.53. The molecule has 3 aromatic rings. The molecule has 3 nitrogen and oxygen atoms in total. The van der Waals surface area contributed by atoms with Crippen molar-refractivity contribution in [1.29, 1.82) is 0 Å². The second-order valence-corrected chi connectivity index (χ2v) is 6.48. The first-order valence-corrected chi connectivity index (χ1v) is 8.07. The molecular weight excluding hydrogens is 302 g/mol. The van der Waals surface area contributed by atoms with E-state index in [1.165, 1.54) is 16.0 Å². The molecule has 0 spiro atoms. The van der Waals surface area contributed by atoms with Gasteiger partial charge in [-0.1, -0.05) is 25.1 Å². The number of rotatable bonds is 3. The van der Waals surface area contributed by atoms with Crippen LogP contribution in [-0.2, 0) is 6.42 Å². The van der Waals surface area contributed by atoms with E-state index in [9.17, 15) is 0 Å². The lowest BCUT2D eigenvalue weighted by Crippen LogP contribution is -1.99. The molecule has 0 fully saturated rings. The fraction of sp³-hybridized carbons (Fsp3) is 0.250. The minimum Gasteiger partial charge on any atom is -0.339 e. The monoisotopic (exact) mass is 317 g/mol. The highest BCUT2D eigenvalue weighted by atomic mass is 35.5. The standard InChI is InChI=1S/C16H16ClN3S/c1-4-11-7-5-6-8-12(11)18-14-13-9(2)10(3)21-15(13)20-16(17)19-14/h5-8H,4H2,1-3H3,(H,18,19,20). The van der Waals surface area contributed by atoms with Gasteiger partial charge in [-0.25, -0.2) is 4.98 Å². The van der Waals surface area contributed by atoms with Crippen molar-refractivity contribution in [1.82, 2.24) is 9.97 Å². The Hall–Kier alpha value is -1.65. The van der Waals surface area contributed by atoms with E-state index in [1.54, 1.807) is 11.3 Å². The van der Waals surface area contributed by atoms with Gasteiger partial charge in [0.05, 0.1) is 5.39 Å². The van der Waals surface area contributed by atoms with Crippen molar-refractivity contribution < 1.29 is 0 Å². The quantitative estimate of drug-likeness (QED) is 0.669. The minimum absolute atomic E-state index is 0.278. The largest absolute Gasteiger partial charge is 0.339 e. The highest BCUT2D eigenvalue weighted by molar-refractivity contribution is 7.18. The molecule has 2 aromatic heterocycles. The van der Waals surface area contributed by atoms with Crippen LogP contribution in [0.5, 0.6) is 0 Å². The number of aryl methyl sites for hydroxylation is 3. The van der Waals surface area contributed by atoms with E-state index < -0.39 is 0 Å². The van der Waals surface area contributed by atoms with Gasteiger partial charge in [0.25, 0.3) is 0 Å². The normalized spacial score (nSPS) is 11.0. The summed E-state index contributed by atoms with van der Waals surface area (Å²) in [4.78, 5) is 10.9.